The predicted molar refractivity (Wildman–Crippen MR) is 86.7 cm³/mol. The Morgan fingerprint density at radius 1 is 1.14 bits per heavy atom. The standard InChI is InChI=1S/C16H22ClN3O/c1-19-13-8-11(15(18)10-6-4-3-5-7-10)12(17)9-14(13)20(2)16(19)21/h8-10,15H,3-7,18H2,1-2H3. The van der Waals surface area contributed by atoms with Gasteiger partial charge in [-0.15, -0.1) is 0 Å². The van der Waals surface area contributed by atoms with Crippen LogP contribution in [0.1, 0.15) is 43.7 Å². The van der Waals surface area contributed by atoms with Crippen molar-refractivity contribution in [1.82, 2.24) is 9.13 Å². The molecule has 114 valence electrons. The first-order valence-electron chi connectivity index (χ1n) is 7.61. The fraction of sp³-hybridized carbons (Fsp3) is 0.562. The highest BCUT2D eigenvalue weighted by Gasteiger charge is 2.24. The zero-order valence-electron chi connectivity index (χ0n) is 12.6. The third kappa shape index (κ3) is 2.40. The number of hydrogen-bond donors (Lipinski definition) is 1. The molecule has 5 heteroatoms. The Kier molecular flexibility index (Phi) is 3.84. The lowest BCUT2D eigenvalue weighted by atomic mass is 9.81. The Morgan fingerprint density at radius 2 is 1.71 bits per heavy atom. The van der Waals surface area contributed by atoms with Crippen LogP contribution in [0.4, 0.5) is 0 Å². The summed E-state index contributed by atoms with van der Waals surface area (Å²) < 4.78 is 3.28. The van der Waals surface area contributed by atoms with Crippen molar-refractivity contribution in [3.05, 3.63) is 33.2 Å². The third-order valence-corrected chi connectivity index (χ3v) is 5.23. The Labute approximate surface area is 129 Å². The molecule has 1 aromatic heterocycles. The second kappa shape index (κ2) is 5.50. The van der Waals surface area contributed by atoms with Gasteiger partial charge in [0.1, 0.15) is 0 Å². The summed E-state index contributed by atoms with van der Waals surface area (Å²) in [5.41, 5.74) is 9.16. The van der Waals surface area contributed by atoms with Crippen molar-refractivity contribution >= 4 is 22.6 Å². The number of nitrogens with zero attached hydrogens (tertiary/aromatic N) is 2. The van der Waals surface area contributed by atoms with E-state index in [0.717, 1.165) is 16.6 Å². The molecule has 2 N–H and O–H groups in total. The molecule has 1 unspecified atom stereocenters. The van der Waals surface area contributed by atoms with E-state index in [0.29, 0.717) is 10.9 Å². The molecular formula is C16H22ClN3O. The van der Waals surface area contributed by atoms with Crippen LogP contribution >= 0.6 is 11.6 Å². The maximum absolute atomic E-state index is 12.0. The molecule has 0 spiro atoms. The summed E-state index contributed by atoms with van der Waals surface area (Å²) in [7, 11) is 3.55. The lowest BCUT2D eigenvalue weighted by Crippen LogP contribution is -2.24. The molecule has 1 aliphatic carbocycles. The number of hydrogen-bond acceptors (Lipinski definition) is 2. The highest BCUT2D eigenvalue weighted by molar-refractivity contribution is 6.32. The molecule has 4 nitrogen and oxygen atoms in total. The molecule has 21 heavy (non-hydrogen) atoms. The van der Waals surface area contributed by atoms with Gasteiger partial charge in [0.25, 0.3) is 0 Å². The molecule has 2 aromatic rings. The minimum Gasteiger partial charge on any atom is -0.324 e. The minimum atomic E-state index is -0.0440. The van der Waals surface area contributed by atoms with Crippen molar-refractivity contribution in [1.29, 1.82) is 0 Å². The van der Waals surface area contributed by atoms with Gasteiger partial charge in [0.2, 0.25) is 0 Å². The van der Waals surface area contributed by atoms with E-state index in [4.69, 9.17) is 17.3 Å². The van der Waals surface area contributed by atoms with Crippen LogP contribution in [-0.2, 0) is 14.1 Å². The summed E-state index contributed by atoms with van der Waals surface area (Å²) in [6, 6.07) is 3.83. The van der Waals surface area contributed by atoms with E-state index in [1.165, 1.54) is 32.1 Å². The number of rotatable bonds is 2. The van der Waals surface area contributed by atoms with Gasteiger partial charge in [-0.05, 0) is 36.5 Å². The topological polar surface area (TPSA) is 53.0 Å². The molecule has 0 aliphatic heterocycles. The molecule has 0 amide bonds. The summed E-state index contributed by atoms with van der Waals surface area (Å²) in [4.78, 5) is 12.0. The van der Waals surface area contributed by atoms with E-state index >= 15 is 0 Å². The Bertz CT molecular complexity index is 725. The van der Waals surface area contributed by atoms with E-state index in [1.54, 1.807) is 23.2 Å². The van der Waals surface area contributed by atoms with Crippen LogP contribution in [0.15, 0.2) is 16.9 Å². The molecule has 0 bridgehead atoms. The van der Waals surface area contributed by atoms with Gasteiger partial charge in [-0.25, -0.2) is 4.79 Å². The van der Waals surface area contributed by atoms with E-state index in [-0.39, 0.29) is 11.7 Å². The van der Waals surface area contributed by atoms with Crippen LogP contribution in [0.5, 0.6) is 0 Å². The average Bonchev–Trinajstić information content (AvgIpc) is 2.71. The normalized spacial score (nSPS) is 18.3. The van der Waals surface area contributed by atoms with Crippen molar-refractivity contribution in [2.45, 2.75) is 38.1 Å². The van der Waals surface area contributed by atoms with Crippen LogP contribution in [0.25, 0.3) is 11.0 Å². The molecule has 0 radical (unpaired) electrons. The van der Waals surface area contributed by atoms with E-state index in [1.807, 2.05) is 12.1 Å². The van der Waals surface area contributed by atoms with Gasteiger partial charge in [-0.1, -0.05) is 30.9 Å². The zero-order chi connectivity index (χ0) is 15.1. The highest BCUT2D eigenvalue weighted by Crippen LogP contribution is 2.36. The van der Waals surface area contributed by atoms with Crippen LogP contribution in [0.2, 0.25) is 5.02 Å². The summed E-state index contributed by atoms with van der Waals surface area (Å²) >= 11 is 6.45. The van der Waals surface area contributed by atoms with Crippen molar-refractivity contribution in [3.8, 4) is 0 Å². The van der Waals surface area contributed by atoms with Gasteiger partial charge in [-0.3, -0.25) is 9.13 Å². The summed E-state index contributed by atoms with van der Waals surface area (Å²) in [5.74, 6) is 0.495. The van der Waals surface area contributed by atoms with E-state index in [9.17, 15) is 4.79 Å². The fourth-order valence-corrected chi connectivity index (χ4v) is 3.82. The first kappa shape index (κ1) is 14.7. The number of benzene rings is 1. The fourth-order valence-electron chi connectivity index (χ4n) is 3.54. The number of fused-ring (bicyclic) bond motifs is 1. The molecule has 0 saturated heterocycles. The summed E-state index contributed by atoms with van der Waals surface area (Å²) in [5, 5.41) is 0.668. The Balaban J connectivity index is 2.08. The third-order valence-electron chi connectivity index (χ3n) is 4.91. The maximum Gasteiger partial charge on any atom is 0.328 e. The number of aromatic nitrogens is 2. The second-order valence-corrected chi connectivity index (χ2v) is 6.59. The SMILES string of the molecule is Cn1c(=O)n(C)c2cc(C(N)C3CCCCC3)c(Cl)cc21. The molecule has 1 fully saturated rings. The van der Waals surface area contributed by atoms with E-state index < -0.39 is 0 Å². The van der Waals surface area contributed by atoms with Gasteiger partial charge in [-0.2, -0.15) is 0 Å². The van der Waals surface area contributed by atoms with Crippen molar-refractivity contribution < 1.29 is 0 Å². The predicted octanol–water partition coefficient (Wildman–Crippen LogP) is 3.11. The van der Waals surface area contributed by atoms with Gasteiger partial charge >= 0.3 is 5.69 Å². The molecular weight excluding hydrogens is 286 g/mol. The number of aryl methyl sites for hydroxylation is 2. The van der Waals surface area contributed by atoms with Gasteiger partial charge < -0.3 is 5.73 Å². The first-order chi connectivity index (χ1) is 10.0. The minimum absolute atomic E-state index is 0.0375. The molecule has 1 aromatic carbocycles. The molecule has 1 atom stereocenters. The van der Waals surface area contributed by atoms with Gasteiger partial charge in [0.05, 0.1) is 11.0 Å². The second-order valence-electron chi connectivity index (χ2n) is 6.19. The highest BCUT2D eigenvalue weighted by atomic mass is 35.5. The van der Waals surface area contributed by atoms with Crippen molar-refractivity contribution in [3.63, 3.8) is 0 Å². The molecule has 1 heterocycles. The number of halogens is 1. The Hall–Kier alpha value is -1.26. The maximum atomic E-state index is 12.0. The summed E-state index contributed by atoms with van der Waals surface area (Å²) in [6.07, 6.45) is 6.15. The van der Waals surface area contributed by atoms with Crippen LogP contribution < -0.4 is 11.4 Å². The zero-order valence-corrected chi connectivity index (χ0v) is 13.4. The lowest BCUT2D eigenvalue weighted by molar-refractivity contribution is 0.308. The Morgan fingerprint density at radius 3 is 2.33 bits per heavy atom. The van der Waals surface area contributed by atoms with Crippen LogP contribution in [0, 0.1) is 5.92 Å². The molecule has 1 aliphatic rings. The van der Waals surface area contributed by atoms with Gasteiger partial charge in [0, 0.05) is 25.2 Å². The quantitative estimate of drug-likeness (QED) is 0.927. The average molecular weight is 308 g/mol. The van der Waals surface area contributed by atoms with Crippen LogP contribution in [-0.4, -0.2) is 9.13 Å². The smallest absolute Gasteiger partial charge is 0.324 e. The molecule has 1 saturated carbocycles. The van der Waals surface area contributed by atoms with Gasteiger partial charge in [0.15, 0.2) is 0 Å². The van der Waals surface area contributed by atoms with Crippen LogP contribution in [0.3, 0.4) is 0 Å². The largest absolute Gasteiger partial charge is 0.328 e. The summed E-state index contributed by atoms with van der Waals surface area (Å²) in [6.45, 7) is 0. The number of nitrogens with two attached hydrogens (primary N) is 1. The molecule has 3 rings (SSSR count). The van der Waals surface area contributed by atoms with Crippen molar-refractivity contribution in [2.75, 3.05) is 0 Å². The van der Waals surface area contributed by atoms with Crippen molar-refractivity contribution in [2.24, 2.45) is 25.7 Å². The lowest BCUT2D eigenvalue weighted by Gasteiger charge is -2.28. The first-order valence-corrected chi connectivity index (χ1v) is 7.99. The number of imidazole rings is 1. The van der Waals surface area contributed by atoms with E-state index in [2.05, 4.69) is 0 Å². The monoisotopic (exact) mass is 307 g/mol.